The normalized spacial score (nSPS) is 5.62. The van der Waals surface area contributed by atoms with Crippen LogP contribution in [-0.4, -0.2) is 0 Å². The quantitative estimate of drug-likeness (QED) is 0.181. The maximum absolute atomic E-state index is 8.55. The van der Waals surface area contributed by atoms with Crippen molar-refractivity contribution in [2.24, 2.45) is 0 Å². The molecule has 0 unspecified atom stereocenters. The molecule has 8 nitrogen and oxygen atoms in total. The molecule has 0 aromatic rings. The van der Waals surface area contributed by atoms with Crippen LogP contribution in [0.15, 0.2) is 0 Å². The molecule has 0 spiro atoms. The van der Waals surface area contributed by atoms with Crippen molar-refractivity contribution in [2.45, 2.75) is 0 Å². The summed E-state index contributed by atoms with van der Waals surface area (Å²) in [4.78, 5) is 51.3. The summed E-state index contributed by atoms with van der Waals surface area (Å²) < 4.78 is 17.1. The van der Waals surface area contributed by atoms with E-state index in [1.54, 1.807) is 0 Å². The van der Waals surface area contributed by atoms with Gasteiger partial charge >= 0.3 is 90.7 Å². The Labute approximate surface area is 244 Å². The first-order valence-corrected chi connectivity index (χ1v) is 4.38. The first-order valence-electron chi connectivity index (χ1n) is 1.46. The first kappa shape index (κ1) is 92.9. The standard InChI is InChI=1S/2Co.Fe.3Li.3Mn.2Ni.2H3O4P.2H/c;;;;;;;;;;;2*1-5(2,3)4;;/h;;;;;;;;;;;2*(H3,1,2,3,4);;/q;;+3;3*+1;;;+2;;;;;2*-1/p-6. The van der Waals surface area contributed by atoms with Crippen LogP contribution < -0.4 is 85.9 Å². The van der Waals surface area contributed by atoms with Gasteiger partial charge in [0.15, 0.2) is 0 Å². The van der Waals surface area contributed by atoms with Crippen LogP contribution in [0, 0.1) is 0 Å². The topological polar surface area (TPSA) is 172 Å². The molecular formula is H2Co2FeLi3Mn3Ni2O8P2. The van der Waals surface area contributed by atoms with Crippen molar-refractivity contribution in [1.29, 1.82) is 0 Å². The monoisotopic (exact) mass is 667 g/mol. The summed E-state index contributed by atoms with van der Waals surface area (Å²) in [6.07, 6.45) is 0. The average Bonchev–Trinajstić information content (AvgIpc) is 1.12. The van der Waals surface area contributed by atoms with Gasteiger partial charge in [-0.05, 0) is 0 Å². The van der Waals surface area contributed by atoms with Gasteiger partial charge in [0, 0.05) is 101 Å². The third kappa shape index (κ3) is 408. The van der Waals surface area contributed by atoms with Gasteiger partial charge in [-0.1, -0.05) is 0 Å². The molecule has 21 heteroatoms. The van der Waals surface area contributed by atoms with Crippen molar-refractivity contribution in [3.05, 3.63) is 0 Å². The Kier molecular flexibility index (Phi) is 222. The Morgan fingerprint density at radius 3 is 0.619 bits per heavy atom. The fraction of sp³-hybridized carbons (Fsp3) is 0. The van der Waals surface area contributed by atoms with Crippen molar-refractivity contribution in [2.75, 3.05) is 0 Å². The molecule has 0 aliphatic heterocycles. The molecule has 0 aromatic carbocycles. The zero-order chi connectivity index (χ0) is 9.00. The molecule has 130 valence electrons. The second kappa shape index (κ2) is 50.2. The average molecular weight is 669 g/mol. The predicted octanol–water partition coefficient (Wildman–Crippen LogP) is -14.4. The summed E-state index contributed by atoms with van der Waals surface area (Å²) in [5, 5.41) is 0. The van der Waals surface area contributed by atoms with E-state index in [0.717, 1.165) is 0 Å². The second-order valence-corrected chi connectivity index (χ2v) is 2.68. The smallest absolute Gasteiger partial charge is 1.00 e. The molecule has 0 heterocycles. The number of rotatable bonds is 0. The van der Waals surface area contributed by atoms with Gasteiger partial charge < -0.3 is 41.3 Å². The van der Waals surface area contributed by atoms with Crippen LogP contribution in [0.1, 0.15) is 2.85 Å². The zero-order valence-corrected chi connectivity index (χ0v) is 20.4. The molecule has 0 bridgehead atoms. The van der Waals surface area contributed by atoms with Crippen LogP contribution >= 0.6 is 15.6 Å². The Hall–Kier alpha value is 6.09. The molecule has 0 aliphatic carbocycles. The molecule has 0 fully saturated rings. The van der Waals surface area contributed by atoms with Gasteiger partial charge in [0.25, 0.3) is 0 Å². The Morgan fingerprint density at radius 1 is 0.619 bits per heavy atom. The maximum Gasteiger partial charge on any atom is 3.00 e. The molecule has 0 saturated heterocycles. The van der Waals surface area contributed by atoms with E-state index in [9.17, 15) is 0 Å². The van der Waals surface area contributed by atoms with Gasteiger partial charge in [-0.2, -0.15) is 15.6 Å². The van der Waals surface area contributed by atoms with E-state index in [4.69, 9.17) is 38.5 Å². The van der Waals surface area contributed by atoms with Crippen molar-refractivity contribution in [3.63, 3.8) is 0 Å². The van der Waals surface area contributed by atoms with Gasteiger partial charge in [-0.3, -0.25) is 0 Å². The molecule has 0 aromatic heterocycles. The van der Waals surface area contributed by atoms with E-state index in [2.05, 4.69) is 0 Å². The molecule has 0 aliphatic rings. The minimum atomic E-state index is -5.39. The second-order valence-electron chi connectivity index (χ2n) is 0.894. The summed E-state index contributed by atoms with van der Waals surface area (Å²) in [6, 6.07) is 0. The Balaban J connectivity index is -0.00000000274. The minimum Gasteiger partial charge on any atom is -1.00 e. The fourth-order valence-corrected chi connectivity index (χ4v) is 0. The molecule has 0 atom stereocenters. The van der Waals surface area contributed by atoms with Gasteiger partial charge in [-0.25, -0.2) is 0 Å². The maximum atomic E-state index is 8.55. The molecule has 0 rings (SSSR count). The van der Waals surface area contributed by atoms with Crippen molar-refractivity contribution in [3.8, 4) is 0 Å². The summed E-state index contributed by atoms with van der Waals surface area (Å²) in [5.41, 5.74) is 0. The third-order valence-electron chi connectivity index (χ3n) is 0. The number of phosphoric acid groups is 2. The SMILES string of the molecule is O=P([O-])([O-])[O-].O=P([O-])([O-])[O-].[Co].[Co].[Fe+3].[H-].[H-].[Li+].[Li+].[Li+].[Mn+2].[Mn].[Mn].[Ni].[Ni]. The predicted molar refractivity (Wildman–Crippen MR) is 17.4 cm³/mol. The summed E-state index contributed by atoms with van der Waals surface area (Å²) >= 11 is 0. The van der Waals surface area contributed by atoms with Gasteiger partial charge in [0.05, 0.1) is 0 Å². The van der Waals surface area contributed by atoms with Crippen LogP contribution in [-0.2, 0) is 144 Å². The van der Waals surface area contributed by atoms with E-state index in [-0.39, 0.29) is 194 Å². The summed E-state index contributed by atoms with van der Waals surface area (Å²) in [6.45, 7) is 0. The van der Waals surface area contributed by atoms with Crippen LogP contribution in [0.4, 0.5) is 0 Å². The Bertz CT molecular complexity index is 175. The number of hydrogen-bond donors (Lipinski definition) is 0. The fourth-order valence-electron chi connectivity index (χ4n) is 0. The molecule has 0 N–H and O–H groups in total. The van der Waals surface area contributed by atoms with Crippen LogP contribution in [0.3, 0.4) is 0 Å². The molecular weight excluding hydrogens is 667 g/mol. The largest absolute Gasteiger partial charge is 3.00 e. The van der Waals surface area contributed by atoms with Crippen LogP contribution in [0.25, 0.3) is 0 Å². The first-order chi connectivity index (χ1) is 4.00. The zero-order valence-electron chi connectivity index (χ0n) is 11.9. The molecule has 6 radical (unpaired) electrons. The van der Waals surface area contributed by atoms with E-state index in [0.29, 0.717) is 0 Å². The molecule has 0 amide bonds. The third-order valence-corrected chi connectivity index (χ3v) is 0. The van der Waals surface area contributed by atoms with E-state index < -0.39 is 15.6 Å². The van der Waals surface area contributed by atoms with Gasteiger partial charge in [0.2, 0.25) is 0 Å². The summed E-state index contributed by atoms with van der Waals surface area (Å²) in [5.74, 6) is 0. The van der Waals surface area contributed by atoms with Gasteiger partial charge in [-0.15, -0.1) is 0 Å². The van der Waals surface area contributed by atoms with E-state index >= 15 is 0 Å². The van der Waals surface area contributed by atoms with Crippen molar-refractivity contribution in [1.82, 2.24) is 0 Å². The van der Waals surface area contributed by atoms with Crippen LogP contribution in [0.2, 0.25) is 0 Å². The molecule has 21 heavy (non-hydrogen) atoms. The van der Waals surface area contributed by atoms with Crippen molar-refractivity contribution >= 4 is 15.6 Å². The summed E-state index contributed by atoms with van der Waals surface area (Å²) in [7, 11) is -10.8. The van der Waals surface area contributed by atoms with Crippen LogP contribution in [0.5, 0.6) is 0 Å². The number of hydrogen-bond acceptors (Lipinski definition) is 8. The Morgan fingerprint density at radius 2 is 0.619 bits per heavy atom. The van der Waals surface area contributed by atoms with Gasteiger partial charge in [0.1, 0.15) is 0 Å². The minimum absolute atomic E-state index is 0. The molecule has 0 saturated carbocycles. The van der Waals surface area contributed by atoms with Crippen molar-refractivity contribution < 1.29 is 233 Å². The van der Waals surface area contributed by atoms with E-state index in [1.807, 2.05) is 0 Å². The van der Waals surface area contributed by atoms with E-state index in [1.165, 1.54) is 0 Å².